The highest BCUT2D eigenvalue weighted by atomic mass is 19.1. The molecule has 0 spiro atoms. The molecule has 0 bridgehead atoms. The van der Waals surface area contributed by atoms with Crippen LogP contribution in [0, 0.1) is 25.5 Å². The second-order valence-corrected chi connectivity index (χ2v) is 4.79. The second-order valence-electron chi connectivity index (χ2n) is 4.79. The SMILES string of the molecule is Cc1ccc(F)cc1CC(O)c1ccc(F)cc1C. The van der Waals surface area contributed by atoms with Crippen LogP contribution >= 0.6 is 0 Å². The lowest BCUT2D eigenvalue weighted by atomic mass is 9.95. The normalized spacial score (nSPS) is 12.5. The van der Waals surface area contributed by atoms with E-state index in [9.17, 15) is 13.9 Å². The summed E-state index contributed by atoms with van der Waals surface area (Å²) in [6.45, 7) is 3.62. The van der Waals surface area contributed by atoms with Gasteiger partial charge in [-0.05, 0) is 60.4 Å². The van der Waals surface area contributed by atoms with Gasteiger partial charge in [-0.15, -0.1) is 0 Å². The van der Waals surface area contributed by atoms with Crippen molar-refractivity contribution in [3.8, 4) is 0 Å². The lowest BCUT2D eigenvalue weighted by Crippen LogP contribution is -2.05. The second kappa shape index (κ2) is 5.49. The summed E-state index contributed by atoms with van der Waals surface area (Å²) in [5, 5.41) is 10.2. The number of aliphatic hydroxyl groups excluding tert-OH is 1. The first-order valence-corrected chi connectivity index (χ1v) is 6.16. The van der Waals surface area contributed by atoms with Gasteiger partial charge in [-0.3, -0.25) is 0 Å². The van der Waals surface area contributed by atoms with Gasteiger partial charge in [0, 0.05) is 6.42 Å². The highest BCUT2D eigenvalue weighted by molar-refractivity contribution is 5.32. The summed E-state index contributed by atoms with van der Waals surface area (Å²) in [4.78, 5) is 0. The van der Waals surface area contributed by atoms with Gasteiger partial charge in [0.1, 0.15) is 11.6 Å². The molecule has 0 saturated heterocycles. The topological polar surface area (TPSA) is 20.2 Å². The minimum Gasteiger partial charge on any atom is -0.388 e. The van der Waals surface area contributed by atoms with E-state index in [1.807, 2.05) is 6.92 Å². The van der Waals surface area contributed by atoms with Crippen LogP contribution < -0.4 is 0 Å². The van der Waals surface area contributed by atoms with Gasteiger partial charge in [0.2, 0.25) is 0 Å². The number of hydrogen-bond donors (Lipinski definition) is 1. The van der Waals surface area contributed by atoms with Gasteiger partial charge in [-0.2, -0.15) is 0 Å². The summed E-state index contributed by atoms with van der Waals surface area (Å²) < 4.78 is 26.2. The number of rotatable bonds is 3. The molecule has 1 N–H and O–H groups in total. The molecule has 2 aromatic carbocycles. The van der Waals surface area contributed by atoms with Crippen molar-refractivity contribution >= 4 is 0 Å². The molecule has 0 aromatic heterocycles. The largest absolute Gasteiger partial charge is 0.388 e. The van der Waals surface area contributed by atoms with E-state index in [0.29, 0.717) is 17.5 Å². The fourth-order valence-corrected chi connectivity index (χ4v) is 2.19. The van der Waals surface area contributed by atoms with Crippen molar-refractivity contribution in [2.75, 3.05) is 0 Å². The average molecular weight is 262 g/mol. The maximum absolute atomic E-state index is 13.2. The first-order chi connectivity index (χ1) is 8.97. The molecule has 2 rings (SSSR count). The fraction of sp³-hybridized carbons (Fsp3) is 0.250. The maximum Gasteiger partial charge on any atom is 0.123 e. The molecule has 0 radical (unpaired) electrons. The summed E-state index contributed by atoms with van der Waals surface area (Å²) in [6, 6.07) is 8.80. The molecule has 0 aliphatic rings. The number of halogens is 2. The van der Waals surface area contributed by atoms with Crippen LogP contribution in [0.2, 0.25) is 0 Å². The molecular formula is C16H16F2O. The Hall–Kier alpha value is -1.74. The standard InChI is InChI=1S/C16H16F2O/c1-10-3-4-14(18)8-12(10)9-16(19)15-6-5-13(17)7-11(15)2/h3-8,16,19H,9H2,1-2H3. The smallest absolute Gasteiger partial charge is 0.123 e. The van der Waals surface area contributed by atoms with Gasteiger partial charge in [-0.1, -0.05) is 12.1 Å². The minimum atomic E-state index is -0.763. The number of aliphatic hydroxyl groups is 1. The zero-order chi connectivity index (χ0) is 14.0. The Labute approximate surface area is 111 Å². The van der Waals surface area contributed by atoms with E-state index >= 15 is 0 Å². The molecule has 1 nitrogen and oxygen atoms in total. The number of benzene rings is 2. The van der Waals surface area contributed by atoms with Gasteiger partial charge in [0.05, 0.1) is 6.10 Å². The Bertz CT molecular complexity index is 593. The molecule has 0 aliphatic carbocycles. The Morgan fingerprint density at radius 1 is 0.947 bits per heavy atom. The van der Waals surface area contributed by atoms with Crippen LogP contribution in [-0.4, -0.2) is 5.11 Å². The maximum atomic E-state index is 13.2. The van der Waals surface area contributed by atoms with Crippen LogP contribution in [0.5, 0.6) is 0 Å². The molecule has 3 heteroatoms. The summed E-state index contributed by atoms with van der Waals surface area (Å²) in [6.07, 6.45) is -0.447. The van der Waals surface area contributed by atoms with Gasteiger partial charge >= 0.3 is 0 Å². The van der Waals surface area contributed by atoms with Crippen molar-refractivity contribution < 1.29 is 13.9 Å². The van der Waals surface area contributed by atoms with E-state index in [2.05, 4.69) is 0 Å². The molecule has 1 atom stereocenters. The lowest BCUT2D eigenvalue weighted by Gasteiger charge is -2.15. The summed E-state index contributed by atoms with van der Waals surface area (Å²) in [7, 11) is 0. The van der Waals surface area contributed by atoms with Crippen LogP contribution in [0.25, 0.3) is 0 Å². The van der Waals surface area contributed by atoms with E-state index in [4.69, 9.17) is 0 Å². The quantitative estimate of drug-likeness (QED) is 0.890. The van der Waals surface area contributed by atoms with Gasteiger partial charge in [0.25, 0.3) is 0 Å². The minimum absolute atomic E-state index is 0.316. The van der Waals surface area contributed by atoms with Crippen LogP contribution in [-0.2, 0) is 6.42 Å². The van der Waals surface area contributed by atoms with Crippen molar-refractivity contribution in [1.82, 2.24) is 0 Å². The molecule has 19 heavy (non-hydrogen) atoms. The van der Waals surface area contributed by atoms with Gasteiger partial charge in [-0.25, -0.2) is 8.78 Å². The molecule has 100 valence electrons. The Kier molecular flexibility index (Phi) is 3.96. The molecule has 1 unspecified atom stereocenters. The predicted octanol–water partition coefficient (Wildman–Crippen LogP) is 3.86. The van der Waals surface area contributed by atoms with Crippen molar-refractivity contribution in [2.45, 2.75) is 26.4 Å². The third-order valence-corrected chi connectivity index (χ3v) is 3.32. The summed E-state index contributed by atoms with van der Waals surface area (Å²) >= 11 is 0. The molecule has 0 saturated carbocycles. The fourth-order valence-electron chi connectivity index (χ4n) is 2.19. The first kappa shape index (κ1) is 13.7. The summed E-state index contributed by atoms with van der Waals surface area (Å²) in [5.41, 5.74) is 3.06. The zero-order valence-corrected chi connectivity index (χ0v) is 11.0. The van der Waals surface area contributed by atoms with E-state index in [1.54, 1.807) is 19.1 Å². The highest BCUT2D eigenvalue weighted by Gasteiger charge is 2.13. The number of hydrogen-bond acceptors (Lipinski definition) is 1. The average Bonchev–Trinajstić information content (AvgIpc) is 2.33. The van der Waals surface area contributed by atoms with Crippen LogP contribution in [0.3, 0.4) is 0 Å². The van der Waals surface area contributed by atoms with Crippen molar-refractivity contribution in [3.05, 3.63) is 70.3 Å². The van der Waals surface area contributed by atoms with E-state index in [1.165, 1.54) is 24.3 Å². The Balaban J connectivity index is 2.25. The van der Waals surface area contributed by atoms with Crippen LogP contribution in [0.15, 0.2) is 36.4 Å². The third kappa shape index (κ3) is 3.18. The molecule has 2 aromatic rings. The summed E-state index contributed by atoms with van der Waals surface area (Å²) in [5.74, 6) is -0.640. The zero-order valence-electron chi connectivity index (χ0n) is 11.0. The first-order valence-electron chi connectivity index (χ1n) is 6.16. The Morgan fingerprint density at radius 3 is 2.26 bits per heavy atom. The third-order valence-electron chi connectivity index (χ3n) is 3.32. The lowest BCUT2D eigenvalue weighted by molar-refractivity contribution is 0.177. The molecule has 0 heterocycles. The molecule has 0 amide bonds. The molecular weight excluding hydrogens is 246 g/mol. The van der Waals surface area contributed by atoms with Crippen molar-refractivity contribution in [2.24, 2.45) is 0 Å². The van der Waals surface area contributed by atoms with Gasteiger partial charge in [0.15, 0.2) is 0 Å². The van der Waals surface area contributed by atoms with Crippen LogP contribution in [0.1, 0.15) is 28.4 Å². The predicted molar refractivity (Wildman–Crippen MR) is 70.9 cm³/mol. The number of aryl methyl sites for hydroxylation is 2. The molecule has 0 fully saturated rings. The van der Waals surface area contributed by atoms with Crippen molar-refractivity contribution in [1.29, 1.82) is 0 Å². The van der Waals surface area contributed by atoms with Gasteiger partial charge < -0.3 is 5.11 Å². The molecule has 0 aliphatic heterocycles. The Morgan fingerprint density at radius 2 is 1.58 bits per heavy atom. The highest BCUT2D eigenvalue weighted by Crippen LogP contribution is 2.24. The van der Waals surface area contributed by atoms with Crippen molar-refractivity contribution in [3.63, 3.8) is 0 Å². The van der Waals surface area contributed by atoms with E-state index < -0.39 is 6.10 Å². The van der Waals surface area contributed by atoms with Crippen LogP contribution in [0.4, 0.5) is 8.78 Å². The monoisotopic (exact) mass is 262 g/mol. The van der Waals surface area contributed by atoms with E-state index in [-0.39, 0.29) is 11.6 Å². The van der Waals surface area contributed by atoms with E-state index in [0.717, 1.165) is 11.1 Å².